The first-order valence-electron chi connectivity index (χ1n) is 8.30. The Morgan fingerprint density at radius 2 is 2.08 bits per heavy atom. The van der Waals surface area contributed by atoms with E-state index in [9.17, 15) is 4.79 Å². The van der Waals surface area contributed by atoms with Crippen molar-refractivity contribution in [2.45, 2.75) is 25.3 Å². The van der Waals surface area contributed by atoms with E-state index in [1.165, 1.54) is 27.8 Å². The van der Waals surface area contributed by atoms with Gasteiger partial charge in [-0.05, 0) is 60.5 Å². The number of para-hydroxylation sites is 1. The fraction of sp³-hybridized carbons (Fsp3) is 0.316. The highest BCUT2D eigenvalue weighted by Crippen LogP contribution is 2.33. The Labute approximate surface area is 144 Å². The van der Waals surface area contributed by atoms with E-state index in [1.807, 2.05) is 5.38 Å². The number of carboxylic acids is 1. The molecular formula is C19H20N2O2S. The topological polar surface area (TPSA) is 56.3 Å². The van der Waals surface area contributed by atoms with Gasteiger partial charge in [0.2, 0.25) is 0 Å². The minimum Gasteiger partial charge on any atom is -0.477 e. The van der Waals surface area contributed by atoms with Crippen molar-refractivity contribution in [1.82, 2.24) is 9.88 Å². The van der Waals surface area contributed by atoms with Crippen LogP contribution in [0.25, 0.3) is 10.9 Å². The van der Waals surface area contributed by atoms with Gasteiger partial charge in [-0.3, -0.25) is 4.90 Å². The SMILES string of the molecule is O=C(O)c1cc(CN2CCC(c3c[nH]c4ccccc34)CC2)cs1. The number of likely N-dealkylation sites (tertiary alicyclic amines) is 1. The van der Waals surface area contributed by atoms with E-state index in [0.717, 1.165) is 38.0 Å². The largest absolute Gasteiger partial charge is 0.477 e. The van der Waals surface area contributed by atoms with Crippen molar-refractivity contribution < 1.29 is 9.90 Å². The van der Waals surface area contributed by atoms with Crippen molar-refractivity contribution in [2.75, 3.05) is 13.1 Å². The molecule has 124 valence electrons. The van der Waals surface area contributed by atoms with Crippen molar-refractivity contribution >= 4 is 28.2 Å². The molecule has 0 unspecified atom stereocenters. The standard InChI is InChI=1S/C19H20N2O2S/c22-19(23)18-9-13(12-24-18)11-21-7-5-14(6-8-21)16-10-20-17-4-2-1-3-15(16)17/h1-4,9-10,12,14,20H,5-8,11H2,(H,22,23). The smallest absolute Gasteiger partial charge is 0.345 e. The minimum atomic E-state index is -0.829. The molecular weight excluding hydrogens is 320 g/mol. The van der Waals surface area contributed by atoms with Crippen LogP contribution in [0.2, 0.25) is 0 Å². The van der Waals surface area contributed by atoms with Crippen LogP contribution in [-0.4, -0.2) is 34.0 Å². The van der Waals surface area contributed by atoms with Crippen LogP contribution >= 0.6 is 11.3 Å². The summed E-state index contributed by atoms with van der Waals surface area (Å²) in [5.74, 6) is -0.223. The van der Waals surface area contributed by atoms with Crippen molar-refractivity contribution in [3.63, 3.8) is 0 Å². The van der Waals surface area contributed by atoms with Gasteiger partial charge in [-0.15, -0.1) is 11.3 Å². The van der Waals surface area contributed by atoms with E-state index >= 15 is 0 Å². The van der Waals surface area contributed by atoms with Gasteiger partial charge in [0.1, 0.15) is 4.88 Å². The Bertz CT molecular complexity index is 859. The number of hydrogen-bond donors (Lipinski definition) is 2. The van der Waals surface area contributed by atoms with Crippen LogP contribution in [0.1, 0.15) is 39.6 Å². The highest BCUT2D eigenvalue weighted by molar-refractivity contribution is 7.12. The second-order valence-electron chi connectivity index (χ2n) is 6.46. The normalized spacial score (nSPS) is 16.7. The van der Waals surface area contributed by atoms with Crippen molar-refractivity contribution in [1.29, 1.82) is 0 Å². The molecule has 3 heterocycles. The number of benzene rings is 1. The summed E-state index contributed by atoms with van der Waals surface area (Å²) in [7, 11) is 0. The molecule has 4 rings (SSSR count). The first kappa shape index (κ1) is 15.4. The lowest BCUT2D eigenvalue weighted by molar-refractivity contribution is 0.0702. The predicted octanol–water partition coefficient (Wildman–Crippen LogP) is 4.31. The third-order valence-corrected chi connectivity index (χ3v) is 5.89. The van der Waals surface area contributed by atoms with Crippen LogP contribution in [0, 0.1) is 0 Å². The molecule has 1 aliphatic rings. The van der Waals surface area contributed by atoms with Crippen molar-refractivity contribution in [3.8, 4) is 0 Å². The number of rotatable bonds is 4. The molecule has 0 radical (unpaired) electrons. The van der Waals surface area contributed by atoms with Crippen LogP contribution in [0.4, 0.5) is 0 Å². The monoisotopic (exact) mass is 340 g/mol. The number of hydrogen-bond acceptors (Lipinski definition) is 3. The average Bonchev–Trinajstić information content (AvgIpc) is 3.23. The van der Waals surface area contributed by atoms with Crippen LogP contribution in [-0.2, 0) is 6.54 Å². The molecule has 0 spiro atoms. The molecule has 1 aromatic carbocycles. The zero-order valence-electron chi connectivity index (χ0n) is 13.4. The van der Waals surface area contributed by atoms with E-state index in [2.05, 4.69) is 40.3 Å². The zero-order valence-corrected chi connectivity index (χ0v) is 14.2. The first-order chi connectivity index (χ1) is 11.7. The summed E-state index contributed by atoms with van der Waals surface area (Å²) in [6, 6.07) is 10.3. The van der Waals surface area contributed by atoms with E-state index < -0.39 is 5.97 Å². The average molecular weight is 340 g/mol. The lowest BCUT2D eigenvalue weighted by Gasteiger charge is -2.31. The van der Waals surface area contributed by atoms with Crippen LogP contribution in [0.5, 0.6) is 0 Å². The molecule has 4 nitrogen and oxygen atoms in total. The molecule has 24 heavy (non-hydrogen) atoms. The zero-order chi connectivity index (χ0) is 16.5. The third-order valence-electron chi connectivity index (χ3n) is 4.92. The molecule has 3 aromatic rings. The molecule has 0 bridgehead atoms. The van der Waals surface area contributed by atoms with Gasteiger partial charge in [0, 0.05) is 23.6 Å². The Morgan fingerprint density at radius 1 is 1.29 bits per heavy atom. The molecule has 2 aromatic heterocycles. The molecule has 1 fully saturated rings. The number of fused-ring (bicyclic) bond motifs is 1. The molecule has 1 aliphatic heterocycles. The lowest BCUT2D eigenvalue weighted by atomic mass is 9.89. The van der Waals surface area contributed by atoms with Crippen LogP contribution < -0.4 is 0 Å². The summed E-state index contributed by atoms with van der Waals surface area (Å²) in [4.78, 5) is 17.2. The highest BCUT2D eigenvalue weighted by atomic mass is 32.1. The second-order valence-corrected chi connectivity index (χ2v) is 7.38. The molecule has 1 saturated heterocycles. The van der Waals surface area contributed by atoms with Gasteiger partial charge in [-0.2, -0.15) is 0 Å². The minimum absolute atomic E-state index is 0.429. The summed E-state index contributed by atoms with van der Waals surface area (Å²) in [6.45, 7) is 2.97. The molecule has 2 N–H and O–H groups in total. The summed E-state index contributed by atoms with van der Waals surface area (Å²) in [5.41, 5.74) is 3.77. The summed E-state index contributed by atoms with van der Waals surface area (Å²) in [5, 5.41) is 12.3. The summed E-state index contributed by atoms with van der Waals surface area (Å²) < 4.78 is 0. The number of H-pyrrole nitrogens is 1. The predicted molar refractivity (Wildman–Crippen MR) is 96.8 cm³/mol. The van der Waals surface area contributed by atoms with Crippen molar-refractivity contribution in [2.24, 2.45) is 0 Å². The maximum absolute atomic E-state index is 11.0. The van der Waals surface area contributed by atoms with Gasteiger partial charge in [-0.1, -0.05) is 18.2 Å². The fourth-order valence-corrected chi connectivity index (χ4v) is 4.40. The van der Waals surface area contributed by atoms with Crippen LogP contribution in [0.15, 0.2) is 41.9 Å². The van der Waals surface area contributed by atoms with E-state index in [0.29, 0.717) is 10.8 Å². The van der Waals surface area contributed by atoms with Crippen LogP contribution in [0.3, 0.4) is 0 Å². The molecule has 0 saturated carbocycles. The lowest BCUT2D eigenvalue weighted by Crippen LogP contribution is -2.32. The maximum Gasteiger partial charge on any atom is 0.345 e. The van der Waals surface area contributed by atoms with E-state index in [1.54, 1.807) is 6.07 Å². The van der Waals surface area contributed by atoms with Crippen molar-refractivity contribution in [3.05, 3.63) is 57.9 Å². The number of carboxylic acid groups (broad SMARTS) is 1. The molecule has 0 atom stereocenters. The van der Waals surface area contributed by atoms with Gasteiger partial charge in [0.25, 0.3) is 0 Å². The quantitative estimate of drug-likeness (QED) is 0.744. The molecule has 5 heteroatoms. The Balaban J connectivity index is 1.40. The molecule has 0 amide bonds. The summed E-state index contributed by atoms with van der Waals surface area (Å²) >= 11 is 1.32. The maximum atomic E-state index is 11.0. The number of carbonyl (C=O) groups is 1. The Morgan fingerprint density at radius 3 is 2.83 bits per heavy atom. The number of aromatic amines is 1. The van der Waals surface area contributed by atoms with Gasteiger partial charge in [-0.25, -0.2) is 4.79 Å². The second kappa shape index (κ2) is 6.42. The third kappa shape index (κ3) is 2.97. The number of thiophene rings is 1. The number of nitrogens with one attached hydrogen (secondary N) is 1. The van der Waals surface area contributed by atoms with Gasteiger partial charge in [0.05, 0.1) is 0 Å². The van der Waals surface area contributed by atoms with Gasteiger partial charge >= 0.3 is 5.97 Å². The number of nitrogens with zero attached hydrogens (tertiary/aromatic N) is 1. The highest BCUT2D eigenvalue weighted by Gasteiger charge is 2.23. The molecule has 0 aliphatic carbocycles. The summed E-state index contributed by atoms with van der Waals surface area (Å²) in [6.07, 6.45) is 4.47. The Kier molecular flexibility index (Phi) is 4.12. The Hall–Kier alpha value is -2.11. The number of aromatic carboxylic acids is 1. The fourth-order valence-electron chi connectivity index (χ4n) is 3.66. The van der Waals surface area contributed by atoms with Gasteiger partial charge in [0.15, 0.2) is 0 Å². The first-order valence-corrected chi connectivity index (χ1v) is 9.18. The van der Waals surface area contributed by atoms with E-state index in [-0.39, 0.29) is 0 Å². The number of piperidine rings is 1. The number of aromatic nitrogens is 1. The van der Waals surface area contributed by atoms with E-state index in [4.69, 9.17) is 5.11 Å². The van der Waals surface area contributed by atoms with Gasteiger partial charge < -0.3 is 10.1 Å².